The average molecular weight is 173 g/mol. The van der Waals surface area contributed by atoms with Gasteiger partial charge in [-0.15, -0.1) is 0 Å². The fourth-order valence-corrected chi connectivity index (χ4v) is 0.879. The molecule has 0 saturated carbocycles. The summed E-state index contributed by atoms with van der Waals surface area (Å²) in [4.78, 5) is 10.3. The predicted octanol–water partition coefficient (Wildman–Crippen LogP) is 2.46. The molecule has 1 aromatic carbocycles. The molecule has 0 amide bonds. The number of rotatable bonds is 2. The Labute approximate surface area is 68.8 Å². The molecule has 1 aromatic rings. The zero-order valence-corrected chi connectivity index (χ0v) is 6.38. The smallest absolute Gasteiger partial charge is 0.260 e. The summed E-state index contributed by atoms with van der Waals surface area (Å²) >= 11 is 4.95. The quantitative estimate of drug-likeness (QED) is 0.627. The molecule has 1 nitrogen and oxygen atoms in total. The standard InChI is InChI=1S/C8H6ClFO/c9-8(11)7(10)6-4-2-1-3-5-6/h1-5,7H/t7-/m0/s1. The highest BCUT2D eigenvalue weighted by molar-refractivity contribution is 6.64. The molecule has 11 heavy (non-hydrogen) atoms. The van der Waals surface area contributed by atoms with E-state index in [1.54, 1.807) is 18.2 Å². The van der Waals surface area contributed by atoms with Crippen LogP contribution in [0.1, 0.15) is 11.7 Å². The Hall–Kier alpha value is -0.890. The molecular formula is C8H6ClFO. The first kappa shape index (κ1) is 8.21. The minimum atomic E-state index is -1.70. The number of hydrogen-bond donors (Lipinski definition) is 0. The molecule has 0 spiro atoms. The van der Waals surface area contributed by atoms with Crippen LogP contribution in [0.25, 0.3) is 0 Å². The largest absolute Gasteiger partial charge is 0.278 e. The average Bonchev–Trinajstić information content (AvgIpc) is 2.05. The Morgan fingerprint density at radius 1 is 1.36 bits per heavy atom. The molecule has 58 valence electrons. The van der Waals surface area contributed by atoms with E-state index in [-0.39, 0.29) is 0 Å². The molecule has 0 unspecified atom stereocenters. The summed E-state index contributed by atoms with van der Waals surface area (Å²) in [5.41, 5.74) is 0.299. The monoisotopic (exact) mass is 172 g/mol. The highest BCUT2D eigenvalue weighted by Gasteiger charge is 2.15. The third kappa shape index (κ3) is 2.02. The molecule has 3 heteroatoms. The summed E-state index contributed by atoms with van der Waals surface area (Å²) in [7, 11) is 0. The van der Waals surface area contributed by atoms with Crippen LogP contribution >= 0.6 is 11.6 Å². The van der Waals surface area contributed by atoms with Crippen LogP contribution < -0.4 is 0 Å². The molecule has 0 bridgehead atoms. The minimum absolute atomic E-state index is 0.299. The van der Waals surface area contributed by atoms with Gasteiger partial charge in [0.15, 0.2) is 6.17 Å². The van der Waals surface area contributed by atoms with Crippen LogP contribution in [0.15, 0.2) is 30.3 Å². The Morgan fingerprint density at radius 2 is 1.91 bits per heavy atom. The van der Waals surface area contributed by atoms with E-state index in [0.717, 1.165) is 0 Å². The number of carbonyl (C=O) groups excluding carboxylic acids is 1. The van der Waals surface area contributed by atoms with Crippen LogP contribution in [-0.2, 0) is 4.79 Å². The number of hydrogen-bond acceptors (Lipinski definition) is 1. The van der Waals surface area contributed by atoms with E-state index < -0.39 is 11.4 Å². The van der Waals surface area contributed by atoms with Crippen molar-refractivity contribution in [3.8, 4) is 0 Å². The number of carbonyl (C=O) groups is 1. The second-order valence-corrected chi connectivity index (χ2v) is 2.45. The van der Waals surface area contributed by atoms with Gasteiger partial charge in [0.25, 0.3) is 5.24 Å². The van der Waals surface area contributed by atoms with E-state index in [9.17, 15) is 9.18 Å². The lowest BCUT2D eigenvalue weighted by Gasteiger charge is -2.00. The van der Waals surface area contributed by atoms with Crippen molar-refractivity contribution in [3.05, 3.63) is 35.9 Å². The third-order valence-corrected chi connectivity index (χ3v) is 1.48. The van der Waals surface area contributed by atoms with Crippen molar-refractivity contribution >= 4 is 16.8 Å². The molecule has 0 saturated heterocycles. The first-order valence-corrected chi connectivity index (χ1v) is 3.48. The molecule has 0 fully saturated rings. The molecule has 0 aliphatic carbocycles. The normalized spacial score (nSPS) is 12.5. The van der Waals surface area contributed by atoms with Crippen molar-refractivity contribution in [1.29, 1.82) is 0 Å². The maximum atomic E-state index is 12.8. The van der Waals surface area contributed by atoms with Gasteiger partial charge in [0.1, 0.15) is 0 Å². The molecule has 1 atom stereocenters. The van der Waals surface area contributed by atoms with Crippen molar-refractivity contribution in [2.75, 3.05) is 0 Å². The van der Waals surface area contributed by atoms with E-state index in [4.69, 9.17) is 11.6 Å². The van der Waals surface area contributed by atoms with Gasteiger partial charge in [-0.25, -0.2) is 4.39 Å². The van der Waals surface area contributed by atoms with Crippen LogP contribution in [-0.4, -0.2) is 5.24 Å². The number of halogens is 2. The fourth-order valence-electron chi connectivity index (χ4n) is 0.753. The van der Waals surface area contributed by atoms with E-state index in [1.807, 2.05) is 0 Å². The zero-order chi connectivity index (χ0) is 8.27. The van der Waals surface area contributed by atoms with Gasteiger partial charge in [-0.05, 0) is 17.2 Å². The molecule has 0 aromatic heterocycles. The summed E-state index contributed by atoms with van der Waals surface area (Å²) in [6.07, 6.45) is -1.70. The summed E-state index contributed by atoms with van der Waals surface area (Å²) in [6, 6.07) is 8.09. The number of alkyl halides is 1. The topological polar surface area (TPSA) is 17.1 Å². The third-order valence-electron chi connectivity index (χ3n) is 1.29. The molecule has 1 rings (SSSR count). The Bertz CT molecular complexity index is 248. The van der Waals surface area contributed by atoms with Crippen molar-refractivity contribution in [3.63, 3.8) is 0 Å². The van der Waals surface area contributed by atoms with Crippen molar-refractivity contribution < 1.29 is 9.18 Å². The summed E-state index contributed by atoms with van der Waals surface area (Å²) < 4.78 is 12.8. The van der Waals surface area contributed by atoms with E-state index in [2.05, 4.69) is 0 Å². The lowest BCUT2D eigenvalue weighted by atomic mass is 10.1. The lowest BCUT2D eigenvalue weighted by Crippen LogP contribution is -1.98. The molecule has 0 N–H and O–H groups in total. The molecular weight excluding hydrogens is 167 g/mol. The summed E-state index contributed by atoms with van der Waals surface area (Å²) in [5.74, 6) is 0. The molecule has 0 heterocycles. The Balaban J connectivity index is 2.85. The molecule has 0 radical (unpaired) electrons. The molecule has 0 aliphatic heterocycles. The van der Waals surface area contributed by atoms with Gasteiger partial charge in [0.2, 0.25) is 0 Å². The summed E-state index contributed by atoms with van der Waals surface area (Å²) in [5, 5.41) is -0.976. The maximum absolute atomic E-state index is 12.8. The van der Waals surface area contributed by atoms with Crippen LogP contribution in [0.5, 0.6) is 0 Å². The SMILES string of the molecule is O=C(Cl)[C@@H](F)c1ccccc1. The van der Waals surface area contributed by atoms with Gasteiger partial charge >= 0.3 is 0 Å². The predicted molar refractivity (Wildman–Crippen MR) is 41.2 cm³/mol. The Kier molecular flexibility index (Phi) is 2.60. The van der Waals surface area contributed by atoms with Crippen molar-refractivity contribution in [2.24, 2.45) is 0 Å². The van der Waals surface area contributed by atoms with Crippen LogP contribution in [0.4, 0.5) is 4.39 Å². The van der Waals surface area contributed by atoms with Crippen molar-refractivity contribution in [1.82, 2.24) is 0 Å². The second-order valence-electron chi connectivity index (χ2n) is 2.08. The highest BCUT2D eigenvalue weighted by Crippen LogP contribution is 2.18. The van der Waals surface area contributed by atoms with Gasteiger partial charge in [0, 0.05) is 0 Å². The van der Waals surface area contributed by atoms with Crippen LogP contribution in [0.3, 0.4) is 0 Å². The van der Waals surface area contributed by atoms with E-state index in [1.165, 1.54) is 12.1 Å². The van der Waals surface area contributed by atoms with E-state index in [0.29, 0.717) is 5.56 Å². The van der Waals surface area contributed by atoms with Gasteiger partial charge < -0.3 is 0 Å². The van der Waals surface area contributed by atoms with Gasteiger partial charge in [-0.1, -0.05) is 30.3 Å². The van der Waals surface area contributed by atoms with Crippen LogP contribution in [0, 0.1) is 0 Å². The fraction of sp³-hybridized carbons (Fsp3) is 0.125. The maximum Gasteiger partial charge on any atom is 0.260 e. The van der Waals surface area contributed by atoms with Crippen LogP contribution in [0.2, 0.25) is 0 Å². The first-order valence-electron chi connectivity index (χ1n) is 3.10. The highest BCUT2D eigenvalue weighted by atomic mass is 35.5. The molecule has 0 aliphatic rings. The van der Waals surface area contributed by atoms with Crippen molar-refractivity contribution in [2.45, 2.75) is 6.17 Å². The Morgan fingerprint density at radius 3 is 2.36 bits per heavy atom. The second kappa shape index (κ2) is 3.49. The van der Waals surface area contributed by atoms with Gasteiger partial charge in [-0.2, -0.15) is 0 Å². The first-order chi connectivity index (χ1) is 5.22. The lowest BCUT2D eigenvalue weighted by molar-refractivity contribution is -0.116. The van der Waals surface area contributed by atoms with Gasteiger partial charge in [-0.3, -0.25) is 4.79 Å². The van der Waals surface area contributed by atoms with Gasteiger partial charge in [0.05, 0.1) is 0 Å². The van der Waals surface area contributed by atoms with E-state index >= 15 is 0 Å². The number of benzene rings is 1. The minimum Gasteiger partial charge on any atom is -0.278 e. The summed E-state index contributed by atoms with van der Waals surface area (Å²) in [6.45, 7) is 0. The zero-order valence-electron chi connectivity index (χ0n) is 5.63.